The summed E-state index contributed by atoms with van der Waals surface area (Å²) in [5.74, 6) is 1.15. The Balaban J connectivity index is 1.41. The molecule has 0 saturated carbocycles. The molecule has 4 rings (SSSR count). The first-order valence-electron chi connectivity index (χ1n) is 10.6. The lowest BCUT2D eigenvalue weighted by atomic mass is 10.1. The Bertz CT molecular complexity index is 1120. The minimum atomic E-state index is -0.287. The van der Waals surface area contributed by atoms with Gasteiger partial charge in [-0.3, -0.25) is 9.59 Å². The first-order valence-corrected chi connectivity index (χ1v) is 10.6. The van der Waals surface area contributed by atoms with Crippen molar-refractivity contribution < 1.29 is 14.3 Å². The first-order chi connectivity index (χ1) is 15.5. The summed E-state index contributed by atoms with van der Waals surface area (Å²) >= 11 is 0. The molecular weight excluding hydrogens is 404 g/mol. The molecule has 0 aliphatic carbocycles. The van der Waals surface area contributed by atoms with Crippen molar-refractivity contribution >= 4 is 17.5 Å². The number of aromatic nitrogens is 2. The van der Waals surface area contributed by atoms with E-state index in [0.29, 0.717) is 48.0 Å². The van der Waals surface area contributed by atoms with Crippen LogP contribution >= 0.6 is 0 Å². The second-order valence-corrected chi connectivity index (χ2v) is 7.87. The van der Waals surface area contributed by atoms with Gasteiger partial charge in [0.2, 0.25) is 5.91 Å². The third-order valence-corrected chi connectivity index (χ3v) is 5.70. The molecule has 3 aromatic rings. The van der Waals surface area contributed by atoms with Crippen LogP contribution in [0.4, 0.5) is 5.69 Å². The molecule has 0 spiro atoms. The molecule has 1 aromatic heterocycles. The zero-order valence-corrected chi connectivity index (χ0v) is 18.2. The van der Waals surface area contributed by atoms with Crippen LogP contribution in [0.15, 0.2) is 60.8 Å². The number of methoxy groups -OCH3 is 1. The highest BCUT2D eigenvalue weighted by molar-refractivity contribution is 6.05. The van der Waals surface area contributed by atoms with Crippen molar-refractivity contribution in [1.29, 1.82) is 0 Å². The fraction of sp³-hybridized carbons (Fsp3) is 0.280. The summed E-state index contributed by atoms with van der Waals surface area (Å²) < 4.78 is 5.29. The van der Waals surface area contributed by atoms with Gasteiger partial charge in [0, 0.05) is 25.2 Å². The number of carbonyl (C=O) groups is 2. The standard InChI is InChI=1S/C25H26N4O3/c1-17-20(25(31)28-21-10-6-7-11-22(21)32-2)15-26-24(27-17)19-12-13-29(16-19)23(30)14-18-8-4-3-5-9-18/h3-11,15,19H,12-14,16H2,1-2H3,(H,28,31). The Kier molecular flexibility index (Phi) is 6.44. The molecule has 32 heavy (non-hydrogen) atoms. The molecule has 2 aromatic carbocycles. The minimum absolute atomic E-state index is 0.0692. The van der Waals surface area contributed by atoms with Gasteiger partial charge in [-0.1, -0.05) is 42.5 Å². The highest BCUT2D eigenvalue weighted by atomic mass is 16.5. The number of aryl methyl sites for hydroxylation is 1. The quantitative estimate of drug-likeness (QED) is 0.646. The van der Waals surface area contributed by atoms with E-state index in [1.807, 2.05) is 47.4 Å². The molecule has 1 unspecified atom stereocenters. The summed E-state index contributed by atoms with van der Waals surface area (Å²) in [6.45, 7) is 3.09. The maximum Gasteiger partial charge on any atom is 0.259 e. The summed E-state index contributed by atoms with van der Waals surface area (Å²) in [5.41, 5.74) is 2.62. The van der Waals surface area contributed by atoms with Gasteiger partial charge in [-0.25, -0.2) is 9.97 Å². The van der Waals surface area contributed by atoms with Gasteiger partial charge in [0.05, 0.1) is 30.5 Å². The van der Waals surface area contributed by atoms with Crippen LogP contribution in [0, 0.1) is 6.92 Å². The smallest absolute Gasteiger partial charge is 0.259 e. The van der Waals surface area contributed by atoms with Gasteiger partial charge in [-0.05, 0) is 31.0 Å². The molecule has 2 heterocycles. The van der Waals surface area contributed by atoms with Crippen LogP contribution in [0.25, 0.3) is 0 Å². The van der Waals surface area contributed by atoms with Crippen molar-refractivity contribution in [2.24, 2.45) is 0 Å². The van der Waals surface area contributed by atoms with Crippen molar-refractivity contribution in [2.45, 2.75) is 25.7 Å². The van der Waals surface area contributed by atoms with E-state index in [0.717, 1.165) is 12.0 Å². The lowest BCUT2D eigenvalue weighted by Crippen LogP contribution is -2.30. The molecule has 1 saturated heterocycles. The molecule has 7 heteroatoms. The number of para-hydroxylation sites is 2. The molecule has 0 radical (unpaired) electrons. The number of anilines is 1. The zero-order chi connectivity index (χ0) is 22.5. The number of rotatable bonds is 6. The number of nitrogens with one attached hydrogen (secondary N) is 1. The van der Waals surface area contributed by atoms with Crippen LogP contribution in [-0.4, -0.2) is 46.9 Å². The molecule has 1 N–H and O–H groups in total. The van der Waals surface area contributed by atoms with Crippen molar-refractivity contribution in [3.63, 3.8) is 0 Å². The van der Waals surface area contributed by atoms with Gasteiger partial charge in [0.25, 0.3) is 5.91 Å². The Morgan fingerprint density at radius 2 is 1.88 bits per heavy atom. The second-order valence-electron chi connectivity index (χ2n) is 7.87. The van der Waals surface area contributed by atoms with Gasteiger partial charge in [0.1, 0.15) is 11.6 Å². The van der Waals surface area contributed by atoms with Crippen LogP contribution in [0.1, 0.15) is 39.8 Å². The fourth-order valence-electron chi connectivity index (χ4n) is 3.92. The fourth-order valence-corrected chi connectivity index (χ4v) is 3.92. The summed E-state index contributed by atoms with van der Waals surface area (Å²) in [6, 6.07) is 17.0. The van der Waals surface area contributed by atoms with Crippen LogP contribution in [-0.2, 0) is 11.2 Å². The van der Waals surface area contributed by atoms with Crippen LogP contribution in [0.5, 0.6) is 5.75 Å². The summed E-state index contributed by atoms with van der Waals surface area (Å²) in [7, 11) is 1.56. The molecule has 7 nitrogen and oxygen atoms in total. The van der Waals surface area contributed by atoms with Crippen LogP contribution < -0.4 is 10.1 Å². The Morgan fingerprint density at radius 3 is 2.62 bits per heavy atom. The van der Waals surface area contributed by atoms with Gasteiger partial charge in [0.15, 0.2) is 0 Å². The van der Waals surface area contributed by atoms with Crippen LogP contribution in [0.2, 0.25) is 0 Å². The molecule has 1 aliphatic rings. The Hall–Kier alpha value is -3.74. The molecule has 164 valence electrons. The summed E-state index contributed by atoms with van der Waals surface area (Å²) in [6.07, 6.45) is 2.78. The summed E-state index contributed by atoms with van der Waals surface area (Å²) in [5, 5.41) is 2.86. The van der Waals surface area contributed by atoms with Crippen molar-refractivity contribution in [2.75, 3.05) is 25.5 Å². The number of likely N-dealkylation sites (tertiary alicyclic amines) is 1. The molecule has 1 aliphatic heterocycles. The summed E-state index contributed by atoms with van der Waals surface area (Å²) in [4.78, 5) is 36.3. The van der Waals surface area contributed by atoms with E-state index in [2.05, 4.69) is 15.3 Å². The topological polar surface area (TPSA) is 84.4 Å². The lowest BCUT2D eigenvalue weighted by molar-refractivity contribution is -0.129. The average molecular weight is 431 g/mol. The number of hydrogen-bond acceptors (Lipinski definition) is 5. The van der Waals surface area contributed by atoms with E-state index >= 15 is 0 Å². The molecule has 1 fully saturated rings. The predicted octanol–water partition coefficient (Wildman–Crippen LogP) is 3.60. The van der Waals surface area contributed by atoms with E-state index in [-0.39, 0.29) is 17.7 Å². The van der Waals surface area contributed by atoms with E-state index < -0.39 is 0 Å². The van der Waals surface area contributed by atoms with Crippen molar-refractivity contribution in [3.8, 4) is 5.75 Å². The Labute approximate surface area is 187 Å². The maximum atomic E-state index is 12.8. The number of ether oxygens (including phenoxy) is 1. The highest BCUT2D eigenvalue weighted by Crippen LogP contribution is 2.27. The SMILES string of the molecule is COc1ccccc1NC(=O)c1cnc(C2CCN(C(=O)Cc3ccccc3)C2)nc1C. The largest absolute Gasteiger partial charge is 0.495 e. The van der Waals surface area contributed by atoms with Crippen molar-refractivity contribution in [3.05, 3.63) is 83.4 Å². The lowest BCUT2D eigenvalue weighted by Gasteiger charge is -2.17. The second kappa shape index (κ2) is 9.60. The number of benzene rings is 2. The number of amides is 2. The normalized spacial score (nSPS) is 15.4. The monoisotopic (exact) mass is 430 g/mol. The van der Waals surface area contributed by atoms with Gasteiger partial charge in [-0.2, -0.15) is 0 Å². The number of carbonyl (C=O) groups excluding carboxylic acids is 2. The van der Waals surface area contributed by atoms with E-state index in [1.54, 1.807) is 32.4 Å². The predicted molar refractivity (Wildman–Crippen MR) is 122 cm³/mol. The van der Waals surface area contributed by atoms with Gasteiger partial charge >= 0.3 is 0 Å². The maximum absolute atomic E-state index is 12.8. The molecule has 2 amide bonds. The highest BCUT2D eigenvalue weighted by Gasteiger charge is 2.29. The third-order valence-electron chi connectivity index (χ3n) is 5.70. The van der Waals surface area contributed by atoms with Crippen LogP contribution in [0.3, 0.4) is 0 Å². The zero-order valence-electron chi connectivity index (χ0n) is 18.2. The minimum Gasteiger partial charge on any atom is -0.495 e. The van der Waals surface area contributed by atoms with E-state index in [1.165, 1.54) is 0 Å². The van der Waals surface area contributed by atoms with E-state index in [9.17, 15) is 9.59 Å². The molecule has 0 bridgehead atoms. The van der Waals surface area contributed by atoms with Gasteiger partial charge in [-0.15, -0.1) is 0 Å². The number of nitrogens with zero attached hydrogens (tertiary/aromatic N) is 3. The Morgan fingerprint density at radius 1 is 1.12 bits per heavy atom. The molecule has 1 atom stereocenters. The average Bonchev–Trinajstić information content (AvgIpc) is 3.30. The van der Waals surface area contributed by atoms with Gasteiger partial charge < -0.3 is 15.0 Å². The molecular formula is C25H26N4O3. The van der Waals surface area contributed by atoms with E-state index in [4.69, 9.17) is 4.74 Å². The third kappa shape index (κ3) is 4.77. The first kappa shape index (κ1) is 21.5. The van der Waals surface area contributed by atoms with Crippen molar-refractivity contribution in [1.82, 2.24) is 14.9 Å². The number of hydrogen-bond donors (Lipinski definition) is 1.